The Bertz CT molecular complexity index is 3810. The van der Waals surface area contributed by atoms with E-state index in [1.165, 1.54) is 99.5 Å². The van der Waals surface area contributed by atoms with Crippen LogP contribution in [0.5, 0.6) is 0 Å². The van der Waals surface area contributed by atoms with Crippen molar-refractivity contribution >= 4 is 72.0 Å². The molecule has 0 amide bonds. The molecule has 0 bridgehead atoms. The van der Waals surface area contributed by atoms with Crippen LogP contribution in [0.1, 0.15) is 30.2 Å². The highest BCUT2D eigenvalue weighted by Crippen LogP contribution is 2.49. The first-order valence-corrected chi connectivity index (χ1v) is 23.4. The number of rotatable bonds is 5. The van der Waals surface area contributed by atoms with E-state index in [0.29, 0.717) is 5.92 Å². The molecule has 314 valence electrons. The fourth-order valence-electron chi connectivity index (χ4n) is 11.9. The Hall–Kier alpha value is -8.08. The van der Waals surface area contributed by atoms with E-state index in [9.17, 15) is 0 Å². The summed E-state index contributed by atoms with van der Waals surface area (Å²) in [6.07, 6.45) is 17.1. The van der Waals surface area contributed by atoms with Gasteiger partial charge in [-0.05, 0) is 127 Å². The van der Waals surface area contributed by atoms with Crippen LogP contribution in [0, 0.1) is 5.92 Å². The van der Waals surface area contributed by atoms with Crippen LogP contribution in [0.15, 0.2) is 212 Å². The average Bonchev–Trinajstić information content (AvgIpc) is 4.01. The molecular weight excluding hydrogens is 801 g/mol. The van der Waals surface area contributed by atoms with Crippen LogP contribution >= 0.6 is 0 Å². The van der Waals surface area contributed by atoms with Crippen LogP contribution in [0.4, 0.5) is 11.4 Å². The molecule has 0 spiro atoms. The molecule has 14 rings (SSSR count). The van der Waals surface area contributed by atoms with E-state index in [-0.39, 0.29) is 5.54 Å². The van der Waals surface area contributed by atoms with E-state index in [1.54, 1.807) is 0 Å². The molecule has 0 saturated heterocycles. The topological polar surface area (TPSA) is 18.0 Å². The largest absolute Gasteiger partial charge is 0.331 e. The van der Waals surface area contributed by atoms with Crippen LogP contribution in [-0.4, -0.2) is 19.2 Å². The minimum absolute atomic E-state index is 0.164. The van der Waals surface area contributed by atoms with Crippen molar-refractivity contribution in [1.29, 1.82) is 0 Å². The van der Waals surface area contributed by atoms with E-state index in [0.717, 1.165) is 30.6 Å². The van der Waals surface area contributed by atoms with Gasteiger partial charge in [-0.2, -0.15) is 0 Å². The van der Waals surface area contributed by atoms with Crippen molar-refractivity contribution in [3.63, 3.8) is 0 Å². The minimum atomic E-state index is -0.164. The van der Waals surface area contributed by atoms with E-state index < -0.39 is 0 Å². The highest BCUT2D eigenvalue weighted by Gasteiger charge is 2.43. The normalized spacial score (nSPS) is 17.6. The van der Waals surface area contributed by atoms with Crippen molar-refractivity contribution in [2.45, 2.75) is 31.7 Å². The molecule has 0 saturated carbocycles. The molecule has 11 aromatic rings. The molecule has 1 aliphatic heterocycles. The summed E-state index contributed by atoms with van der Waals surface area (Å²) in [4.78, 5) is 2.60. The number of anilines is 2. The molecule has 3 aliphatic rings. The van der Waals surface area contributed by atoms with Gasteiger partial charge in [0.2, 0.25) is 0 Å². The van der Waals surface area contributed by atoms with Crippen molar-refractivity contribution in [3.05, 3.63) is 229 Å². The van der Waals surface area contributed by atoms with Gasteiger partial charge in [-0.15, -0.1) is 0 Å². The van der Waals surface area contributed by atoms with Crippen molar-refractivity contribution in [2.75, 3.05) is 4.90 Å². The van der Waals surface area contributed by atoms with Crippen molar-refractivity contribution < 1.29 is 0 Å². The van der Waals surface area contributed by atoms with Crippen LogP contribution in [0.2, 0.25) is 0 Å². The number of benzene rings is 8. The zero-order valence-electron chi connectivity index (χ0n) is 36.8. The first-order chi connectivity index (χ1) is 32.6. The summed E-state index contributed by atoms with van der Waals surface area (Å²) in [5, 5.41) is 6.39. The molecule has 8 aromatic carbocycles. The van der Waals surface area contributed by atoms with Crippen LogP contribution in [0.25, 0.3) is 88.8 Å². The molecule has 66 heavy (non-hydrogen) atoms. The second-order valence-corrected chi connectivity index (χ2v) is 18.6. The lowest BCUT2D eigenvalue weighted by Gasteiger charge is -2.50. The molecule has 2 aliphatic carbocycles. The standard InChI is InChI=1S/C62H46N4/c1-62-37-13-12-15-44(62)38-43-14-2-7-20-55(43)66(62)48-34-36-54-52-19-6-9-22-57(52)64(61(54)40-48)46-31-27-42(28-32-46)41-25-29-45(30-26-41)63-56-21-8-5-18-51(56)53-35-33-47(39-60(53)63)65-58-23-10-3-16-49(58)50-17-4-11-24-59(50)65/h2-5,7-18,20-37,39-40,44H,6,19,38H2,1H3. The van der Waals surface area contributed by atoms with Gasteiger partial charge in [-0.25, -0.2) is 0 Å². The van der Waals surface area contributed by atoms with Crippen LogP contribution < -0.4 is 4.90 Å². The summed E-state index contributed by atoms with van der Waals surface area (Å²) >= 11 is 0. The maximum absolute atomic E-state index is 2.60. The van der Waals surface area contributed by atoms with Gasteiger partial charge in [0.05, 0.1) is 33.1 Å². The van der Waals surface area contributed by atoms with Crippen molar-refractivity contribution in [2.24, 2.45) is 5.92 Å². The number of fused-ring (bicyclic) bond motifs is 11. The second kappa shape index (κ2) is 14.2. The summed E-state index contributed by atoms with van der Waals surface area (Å²) in [6, 6.07) is 67.7. The summed E-state index contributed by atoms with van der Waals surface area (Å²) in [5.74, 6) is 0.393. The predicted octanol–water partition coefficient (Wildman–Crippen LogP) is 15.6. The Morgan fingerprint density at radius 3 is 1.70 bits per heavy atom. The summed E-state index contributed by atoms with van der Waals surface area (Å²) < 4.78 is 7.34. The summed E-state index contributed by atoms with van der Waals surface area (Å²) in [6.45, 7) is 2.41. The Morgan fingerprint density at radius 1 is 0.470 bits per heavy atom. The highest BCUT2D eigenvalue weighted by molar-refractivity contribution is 6.12. The van der Waals surface area contributed by atoms with Gasteiger partial charge in [0.15, 0.2) is 0 Å². The predicted molar refractivity (Wildman–Crippen MR) is 277 cm³/mol. The third-order valence-electron chi connectivity index (χ3n) is 15.1. The van der Waals surface area contributed by atoms with Gasteiger partial charge < -0.3 is 18.6 Å². The molecule has 2 unspecified atom stereocenters. The average molecular weight is 847 g/mol. The van der Waals surface area contributed by atoms with Gasteiger partial charge in [0.25, 0.3) is 0 Å². The first kappa shape index (κ1) is 37.3. The van der Waals surface area contributed by atoms with Gasteiger partial charge in [-0.1, -0.05) is 140 Å². The fraction of sp³-hybridized carbons (Fsp3) is 0.0968. The van der Waals surface area contributed by atoms with E-state index in [4.69, 9.17) is 0 Å². The zero-order chi connectivity index (χ0) is 43.5. The third kappa shape index (κ3) is 5.39. The Kier molecular flexibility index (Phi) is 8.03. The fourth-order valence-corrected chi connectivity index (χ4v) is 11.9. The summed E-state index contributed by atoms with van der Waals surface area (Å²) in [7, 11) is 0. The van der Waals surface area contributed by atoms with Gasteiger partial charge in [0, 0.05) is 67.0 Å². The number of para-hydroxylation sites is 4. The molecule has 0 radical (unpaired) electrons. The molecule has 2 atom stereocenters. The van der Waals surface area contributed by atoms with Gasteiger partial charge in [0.1, 0.15) is 0 Å². The number of hydrogen-bond acceptors (Lipinski definition) is 1. The minimum Gasteiger partial charge on any atom is -0.331 e. The monoisotopic (exact) mass is 846 g/mol. The second-order valence-electron chi connectivity index (χ2n) is 18.6. The van der Waals surface area contributed by atoms with Crippen LogP contribution in [0.3, 0.4) is 0 Å². The van der Waals surface area contributed by atoms with Crippen molar-refractivity contribution in [3.8, 4) is 28.2 Å². The maximum Gasteiger partial charge on any atom is 0.0674 e. The first-order valence-electron chi connectivity index (χ1n) is 23.4. The number of aryl methyl sites for hydroxylation is 1. The lowest BCUT2D eigenvalue weighted by molar-refractivity contribution is 0.396. The number of allylic oxidation sites excluding steroid dienone is 3. The number of hydrogen-bond donors (Lipinski definition) is 0. The van der Waals surface area contributed by atoms with Crippen LogP contribution in [-0.2, 0) is 12.8 Å². The molecular formula is C62H46N4. The maximum atomic E-state index is 2.60. The van der Waals surface area contributed by atoms with Crippen molar-refractivity contribution in [1.82, 2.24) is 13.7 Å². The number of nitrogens with zero attached hydrogens (tertiary/aromatic N) is 4. The molecule has 0 fully saturated rings. The zero-order valence-corrected chi connectivity index (χ0v) is 36.8. The van der Waals surface area contributed by atoms with E-state index >= 15 is 0 Å². The SMILES string of the molecule is CC12C=CC=CC1Cc1ccccc1N2c1ccc2c3c(n(-c4ccc(-c5ccc(-n6c7ccccc7c7ccc(-n8c9ccccc9c9ccccc98)cc76)cc5)cc4)c2c1)C=CCC3. The van der Waals surface area contributed by atoms with E-state index in [2.05, 4.69) is 244 Å². The Labute approximate surface area is 383 Å². The lowest BCUT2D eigenvalue weighted by atomic mass is 9.73. The molecule has 0 N–H and O–H groups in total. The quantitative estimate of drug-likeness (QED) is 0.169. The van der Waals surface area contributed by atoms with E-state index in [1.807, 2.05) is 0 Å². The summed E-state index contributed by atoms with van der Waals surface area (Å²) in [5.41, 5.74) is 18.5. The molecule has 4 nitrogen and oxygen atoms in total. The Morgan fingerprint density at radius 2 is 1.00 bits per heavy atom. The molecule has 4 heterocycles. The lowest BCUT2D eigenvalue weighted by Crippen LogP contribution is -2.52. The highest BCUT2D eigenvalue weighted by atomic mass is 15.2. The van der Waals surface area contributed by atoms with Gasteiger partial charge in [-0.3, -0.25) is 0 Å². The third-order valence-corrected chi connectivity index (χ3v) is 15.1. The van der Waals surface area contributed by atoms with Gasteiger partial charge >= 0.3 is 0 Å². The molecule has 4 heteroatoms. The number of aromatic nitrogens is 3. The molecule has 3 aromatic heterocycles. The Balaban J connectivity index is 0.847. The smallest absolute Gasteiger partial charge is 0.0674 e.